The molecule has 0 radical (unpaired) electrons. The summed E-state index contributed by atoms with van der Waals surface area (Å²) in [6.45, 7) is 4.55. The molecule has 0 bridgehead atoms. The molecule has 0 saturated heterocycles. The zero-order valence-corrected chi connectivity index (χ0v) is 10.8. The predicted octanol–water partition coefficient (Wildman–Crippen LogP) is 2.52. The maximum atomic E-state index is 9.61. The van der Waals surface area contributed by atoms with Crippen molar-refractivity contribution in [1.82, 2.24) is 9.97 Å². The van der Waals surface area contributed by atoms with E-state index in [9.17, 15) is 5.11 Å². The summed E-state index contributed by atoms with van der Waals surface area (Å²) < 4.78 is 0. The van der Waals surface area contributed by atoms with Crippen molar-refractivity contribution < 1.29 is 5.11 Å². The molecule has 0 aliphatic carbocycles. The summed E-state index contributed by atoms with van der Waals surface area (Å²) in [5.74, 6) is 0.644. The maximum Gasteiger partial charge on any atom is 0.231 e. The number of aryl methyl sites for hydroxylation is 1. The molecule has 2 rings (SSSR count). The van der Waals surface area contributed by atoms with Crippen LogP contribution in [0.2, 0.25) is 0 Å². The van der Waals surface area contributed by atoms with Gasteiger partial charge >= 0.3 is 0 Å². The first kappa shape index (κ1) is 12.8. The van der Waals surface area contributed by atoms with Crippen molar-refractivity contribution in [2.45, 2.75) is 13.8 Å². The van der Waals surface area contributed by atoms with Crippen LogP contribution < -0.4 is 4.90 Å². The third kappa shape index (κ3) is 2.63. The second-order valence-electron chi connectivity index (χ2n) is 4.07. The molecule has 1 aromatic carbocycles. The fraction of sp³-hybridized carbons (Fsp3) is 0.214. The SMILES string of the molecule is CCN(c1nccc(C#N)n1)c1cc(O)ccc1C. The Labute approximate surface area is 111 Å². The average Bonchev–Trinajstić information content (AvgIpc) is 2.44. The van der Waals surface area contributed by atoms with Gasteiger partial charge in [0.2, 0.25) is 5.95 Å². The molecule has 1 N–H and O–H groups in total. The van der Waals surface area contributed by atoms with Crippen molar-refractivity contribution in [1.29, 1.82) is 5.26 Å². The van der Waals surface area contributed by atoms with E-state index in [-0.39, 0.29) is 5.75 Å². The van der Waals surface area contributed by atoms with Crippen LogP contribution in [0, 0.1) is 18.3 Å². The number of rotatable bonds is 3. The summed E-state index contributed by atoms with van der Waals surface area (Å²) in [7, 11) is 0. The first-order valence-electron chi connectivity index (χ1n) is 5.96. The molecular weight excluding hydrogens is 240 g/mol. The van der Waals surface area contributed by atoms with E-state index in [1.807, 2.05) is 30.9 Å². The molecule has 0 aliphatic heterocycles. The van der Waals surface area contributed by atoms with Crippen LogP contribution in [0.5, 0.6) is 5.75 Å². The Kier molecular flexibility index (Phi) is 3.62. The molecule has 19 heavy (non-hydrogen) atoms. The summed E-state index contributed by atoms with van der Waals surface area (Å²) in [6, 6.07) is 8.70. The molecule has 0 atom stereocenters. The molecule has 96 valence electrons. The van der Waals surface area contributed by atoms with Crippen molar-refractivity contribution in [3.63, 3.8) is 0 Å². The van der Waals surface area contributed by atoms with Crippen LogP contribution >= 0.6 is 0 Å². The predicted molar refractivity (Wildman–Crippen MR) is 72.3 cm³/mol. The minimum atomic E-state index is 0.190. The third-order valence-electron chi connectivity index (χ3n) is 2.80. The van der Waals surface area contributed by atoms with Crippen molar-refractivity contribution in [2.24, 2.45) is 0 Å². The lowest BCUT2D eigenvalue weighted by Gasteiger charge is -2.22. The van der Waals surface area contributed by atoms with E-state index in [0.29, 0.717) is 18.2 Å². The quantitative estimate of drug-likeness (QED) is 0.911. The lowest BCUT2D eigenvalue weighted by molar-refractivity contribution is 0.475. The topological polar surface area (TPSA) is 73.0 Å². The van der Waals surface area contributed by atoms with Crippen molar-refractivity contribution >= 4 is 11.6 Å². The molecule has 0 saturated carbocycles. The Bertz CT molecular complexity index is 634. The fourth-order valence-corrected chi connectivity index (χ4v) is 1.85. The number of phenols is 1. The van der Waals surface area contributed by atoms with Gasteiger partial charge in [-0.3, -0.25) is 0 Å². The van der Waals surface area contributed by atoms with E-state index in [0.717, 1.165) is 11.3 Å². The highest BCUT2D eigenvalue weighted by molar-refractivity contribution is 5.63. The van der Waals surface area contributed by atoms with Gasteiger partial charge in [0.05, 0.1) is 5.69 Å². The lowest BCUT2D eigenvalue weighted by Crippen LogP contribution is -2.20. The van der Waals surface area contributed by atoms with Gasteiger partial charge in [-0.15, -0.1) is 0 Å². The van der Waals surface area contributed by atoms with Crippen molar-refractivity contribution in [3.8, 4) is 11.8 Å². The highest BCUT2D eigenvalue weighted by Crippen LogP contribution is 2.28. The molecule has 0 amide bonds. The molecular formula is C14H14N4O. The van der Waals surface area contributed by atoms with Gasteiger partial charge in [-0.1, -0.05) is 6.07 Å². The Hall–Kier alpha value is -2.61. The number of nitriles is 1. The second-order valence-corrected chi connectivity index (χ2v) is 4.07. The average molecular weight is 254 g/mol. The third-order valence-corrected chi connectivity index (χ3v) is 2.80. The minimum Gasteiger partial charge on any atom is -0.508 e. The van der Waals surface area contributed by atoms with E-state index in [1.54, 1.807) is 24.4 Å². The Morgan fingerprint density at radius 1 is 1.37 bits per heavy atom. The first-order chi connectivity index (χ1) is 9.15. The van der Waals surface area contributed by atoms with Gasteiger partial charge in [0.1, 0.15) is 17.5 Å². The van der Waals surface area contributed by atoms with E-state index in [2.05, 4.69) is 9.97 Å². The van der Waals surface area contributed by atoms with Gasteiger partial charge in [-0.25, -0.2) is 9.97 Å². The number of phenolic OH excluding ortho intramolecular Hbond substituents is 1. The van der Waals surface area contributed by atoms with Gasteiger partial charge < -0.3 is 10.0 Å². The fourth-order valence-electron chi connectivity index (χ4n) is 1.85. The second kappa shape index (κ2) is 5.36. The van der Waals surface area contributed by atoms with Crippen LogP contribution in [0.3, 0.4) is 0 Å². The minimum absolute atomic E-state index is 0.190. The summed E-state index contributed by atoms with van der Waals surface area (Å²) >= 11 is 0. The highest BCUT2D eigenvalue weighted by Gasteiger charge is 2.13. The largest absolute Gasteiger partial charge is 0.508 e. The Morgan fingerprint density at radius 3 is 2.84 bits per heavy atom. The zero-order chi connectivity index (χ0) is 13.8. The lowest BCUT2D eigenvalue weighted by atomic mass is 10.1. The van der Waals surface area contributed by atoms with Crippen LogP contribution in [-0.2, 0) is 0 Å². The van der Waals surface area contributed by atoms with Gasteiger partial charge in [0.15, 0.2) is 0 Å². The van der Waals surface area contributed by atoms with Gasteiger partial charge in [-0.05, 0) is 31.5 Å². The zero-order valence-electron chi connectivity index (χ0n) is 10.8. The summed E-state index contributed by atoms with van der Waals surface area (Å²) in [4.78, 5) is 10.2. The Balaban J connectivity index is 2.50. The molecule has 0 aliphatic rings. The molecule has 5 nitrogen and oxygen atoms in total. The molecule has 5 heteroatoms. The summed E-state index contributed by atoms with van der Waals surface area (Å²) in [5, 5.41) is 18.5. The van der Waals surface area contributed by atoms with Crippen molar-refractivity contribution in [2.75, 3.05) is 11.4 Å². The van der Waals surface area contributed by atoms with Crippen LogP contribution in [-0.4, -0.2) is 21.6 Å². The number of anilines is 2. The van der Waals surface area contributed by atoms with Crippen LogP contribution in [0.4, 0.5) is 11.6 Å². The summed E-state index contributed by atoms with van der Waals surface area (Å²) in [6.07, 6.45) is 1.56. The Morgan fingerprint density at radius 2 is 2.16 bits per heavy atom. The molecule has 1 aromatic heterocycles. The number of aromatic hydroxyl groups is 1. The first-order valence-corrected chi connectivity index (χ1v) is 5.96. The standard InChI is InChI=1S/C14H14N4O/c1-3-18(13-8-12(19)5-4-10(13)2)14-16-7-6-11(9-15)17-14/h4-8,19H,3H2,1-2H3. The molecule has 2 aromatic rings. The van der Waals surface area contributed by atoms with Crippen LogP contribution in [0.15, 0.2) is 30.5 Å². The molecule has 0 fully saturated rings. The van der Waals surface area contributed by atoms with Crippen LogP contribution in [0.1, 0.15) is 18.2 Å². The van der Waals surface area contributed by atoms with Gasteiger partial charge in [-0.2, -0.15) is 5.26 Å². The molecule has 1 heterocycles. The molecule has 0 spiro atoms. The number of aromatic nitrogens is 2. The molecule has 0 unspecified atom stereocenters. The van der Waals surface area contributed by atoms with Crippen LogP contribution in [0.25, 0.3) is 0 Å². The van der Waals surface area contributed by atoms with Crippen molar-refractivity contribution in [3.05, 3.63) is 41.7 Å². The highest BCUT2D eigenvalue weighted by atomic mass is 16.3. The van der Waals surface area contributed by atoms with Gasteiger partial charge in [0, 0.05) is 18.8 Å². The number of hydrogen-bond acceptors (Lipinski definition) is 5. The van der Waals surface area contributed by atoms with Gasteiger partial charge in [0.25, 0.3) is 0 Å². The summed E-state index contributed by atoms with van der Waals surface area (Å²) in [5.41, 5.74) is 2.16. The number of benzene rings is 1. The van der Waals surface area contributed by atoms with E-state index < -0.39 is 0 Å². The normalized spacial score (nSPS) is 9.95. The monoisotopic (exact) mass is 254 g/mol. The van der Waals surface area contributed by atoms with E-state index in [1.165, 1.54) is 0 Å². The maximum absolute atomic E-state index is 9.61. The number of hydrogen-bond donors (Lipinski definition) is 1. The van der Waals surface area contributed by atoms with E-state index in [4.69, 9.17) is 5.26 Å². The number of nitrogens with zero attached hydrogens (tertiary/aromatic N) is 4. The smallest absolute Gasteiger partial charge is 0.231 e. The van der Waals surface area contributed by atoms with E-state index >= 15 is 0 Å².